The average Bonchev–Trinajstić information content (AvgIpc) is 2.57. The van der Waals surface area contributed by atoms with Gasteiger partial charge < -0.3 is 15.4 Å². The molecular weight excluding hydrogens is 307 g/mol. The maximum Gasteiger partial charge on any atom is 0.238 e. The highest BCUT2D eigenvalue weighted by Gasteiger charge is 2.17. The number of ether oxygens (including phenoxy) is 1. The van der Waals surface area contributed by atoms with Crippen molar-refractivity contribution in [3.63, 3.8) is 0 Å². The third kappa shape index (κ3) is 4.80. The van der Waals surface area contributed by atoms with Crippen LogP contribution in [0.4, 0.5) is 10.1 Å². The molecule has 1 amide bonds. The van der Waals surface area contributed by atoms with Gasteiger partial charge in [-0.1, -0.05) is 38.1 Å². The van der Waals surface area contributed by atoms with Crippen LogP contribution in [0.3, 0.4) is 0 Å². The Balaban J connectivity index is 1.99. The quantitative estimate of drug-likeness (QED) is 0.813. The predicted molar refractivity (Wildman–Crippen MR) is 93.6 cm³/mol. The Labute approximate surface area is 142 Å². The van der Waals surface area contributed by atoms with Gasteiger partial charge in [0.1, 0.15) is 11.6 Å². The summed E-state index contributed by atoms with van der Waals surface area (Å²) in [6.07, 6.45) is 0. The number of rotatable bonds is 7. The SMILES string of the molecule is COc1ccccc1NC(=O)CN[C@H](c1ccc(F)cc1)C(C)C. The Hall–Kier alpha value is -2.40. The normalized spacial score (nSPS) is 12.0. The first-order valence-corrected chi connectivity index (χ1v) is 7.93. The lowest BCUT2D eigenvalue weighted by Gasteiger charge is -2.23. The minimum Gasteiger partial charge on any atom is -0.495 e. The van der Waals surface area contributed by atoms with Crippen LogP contribution in [0.5, 0.6) is 5.75 Å². The minimum absolute atomic E-state index is 0.0333. The zero-order valence-corrected chi connectivity index (χ0v) is 14.2. The standard InChI is InChI=1S/C19H23FN2O2/c1-13(2)19(14-8-10-15(20)11-9-14)21-12-18(23)22-16-6-4-5-7-17(16)24-3/h4-11,13,19,21H,12H2,1-3H3,(H,22,23)/t19-/m0/s1. The second kappa shape index (κ2) is 8.45. The lowest BCUT2D eigenvalue weighted by atomic mass is 9.96. The molecule has 0 unspecified atom stereocenters. The first kappa shape index (κ1) is 17.9. The number of nitrogens with one attached hydrogen (secondary N) is 2. The van der Waals surface area contributed by atoms with E-state index >= 15 is 0 Å². The van der Waals surface area contributed by atoms with Crippen molar-refractivity contribution >= 4 is 11.6 Å². The number of para-hydroxylation sites is 2. The van der Waals surface area contributed by atoms with Crippen molar-refractivity contribution in [1.29, 1.82) is 0 Å². The predicted octanol–water partition coefficient (Wildman–Crippen LogP) is 3.76. The van der Waals surface area contributed by atoms with Gasteiger partial charge in [-0.25, -0.2) is 4.39 Å². The number of hydrogen-bond acceptors (Lipinski definition) is 3. The van der Waals surface area contributed by atoms with Crippen LogP contribution in [-0.2, 0) is 4.79 Å². The summed E-state index contributed by atoms with van der Waals surface area (Å²) in [6, 6.07) is 13.6. The van der Waals surface area contributed by atoms with Gasteiger partial charge in [0.25, 0.3) is 0 Å². The van der Waals surface area contributed by atoms with Gasteiger partial charge in [0.15, 0.2) is 0 Å². The number of carbonyl (C=O) groups is 1. The maximum atomic E-state index is 13.1. The number of benzene rings is 2. The van der Waals surface area contributed by atoms with Crippen LogP contribution < -0.4 is 15.4 Å². The van der Waals surface area contributed by atoms with Gasteiger partial charge in [0.2, 0.25) is 5.91 Å². The van der Waals surface area contributed by atoms with Crippen LogP contribution in [0, 0.1) is 11.7 Å². The number of methoxy groups -OCH3 is 1. The molecule has 0 fully saturated rings. The third-order valence-electron chi connectivity index (χ3n) is 3.76. The smallest absolute Gasteiger partial charge is 0.238 e. The summed E-state index contributed by atoms with van der Waals surface area (Å²) < 4.78 is 18.3. The molecule has 1 atom stereocenters. The summed E-state index contributed by atoms with van der Waals surface area (Å²) >= 11 is 0. The highest BCUT2D eigenvalue weighted by molar-refractivity contribution is 5.93. The largest absolute Gasteiger partial charge is 0.495 e. The molecule has 0 aliphatic rings. The van der Waals surface area contributed by atoms with Crippen molar-refractivity contribution in [2.75, 3.05) is 19.0 Å². The molecule has 2 N–H and O–H groups in total. The molecule has 0 saturated carbocycles. The molecule has 0 spiro atoms. The molecule has 5 heteroatoms. The van der Waals surface area contributed by atoms with E-state index in [1.54, 1.807) is 31.4 Å². The van der Waals surface area contributed by atoms with E-state index in [1.807, 2.05) is 12.1 Å². The van der Waals surface area contributed by atoms with E-state index in [0.29, 0.717) is 11.4 Å². The number of hydrogen-bond donors (Lipinski definition) is 2. The van der Waals surface area contributed by atoms with Crippen molar-refractivity contribution in [1.82, 2.24) is 5.32 Å². The summed E-state index contributed by atoms with van der Waals surface area (Å²) in [7, 11) is 1.56. The number of anilines is 1. The zero-order valence-electron chi connectivity index (χ0n) is 14.2. The molecule has 2 aromatic carbocycles. The highest BCUT2D eigenvalue weighted by Crippen LogP contribution is 2.24. The fraction of sp³-hybridized carbons (Fsp3) is 0.316. The van der Waals surface area contributed by atoms with Crippen LogP contribution >= 0.6 is 0 Å². The molecule has 128 valence electrons. The Bertz CT molecular complexity index is 671. The van der Waals surface area contributed by atoms with Crippen molar-refractivity contribution in [2.45, 2.75) is 19.9 Å². The molecular formula is C19H23FN2O2. The van der Waals surface area contributed by atoms with Crippen molar-refractivity contribution < 1.29 is 13.9 Å². The lowest BCUT2D eigenvalue weighted by molar-refractivity contribution is -0.115. The molecule has 0 saturated heterocycles. The van der Waals surface area contributed by atoms with Crippen LogP contribution in [0.1, 0.15) is 25.5 Å². The highest BCUT2D eigenvalue weighted by atomic mass is 19.1. The number of halogens is 1. The van der Waals surface area contributed by atoms with E-state index in [1.165, 1.54) is 12.1 Å². The monoisotopic (exact) mass is 330 g/mol. The molecule has 2 rings (SSSR count). The fourth-order valence-corrected chi connectivity index (χ4v) is 2.55. The molecule has 0 bridgehead atoms. The van der Waals surface area contributed by atoms with Gasteiger partial charge in [-0.15, -0.1) is 0 Å². The minimum atomic E-state index is -0.268. The van der Waals surface area contributed by atoms with Crippen molar-refractivity contribution in [3.05, 3.63) is 59.9 Å². The van der Waals surface area contributed by atoms with Crippen LogP contribution in [0.2, 0.25) is 0 Å². The van der Waals surface area contributed by atoms with Gasteiger partial charge in [0.05, 0.1) is 19.3 Å². The van der Waals surface area contributed by atoms with Crippen LogP contribution in [-0.4, -0.2) is 19.6 Å². The summed E-state index contributed by atoms with van der Waals surface area (Å²) in [6.45, 7) is 4.26. The number of carbonyl (C=O) groups excluding carboxylic acids is 1. The Kier molecular flexibility index (Phi) is 6.32. The van der Waals surface area contributed by atoms with Gasteiger partial charge >= 0.3 is 0 Å². The second-order valence-electron chi connectivity index (χ2n) is 5.90. The van der Waals surface area contributed by atoms with E-state index in [-0.39, 0.29) is 30.2 Å². The molecule has 0 heterocycles. The molecule has 0 aromatic heterocycles. The van der Waals surface area contributed by atoms with E-state index in [4.69, 9.17) is 4.74 Å². The average molecular weight is 330 g/mol. The van der Waals surface area contributed by atoms with Crippen molar-refractivity contribution in [2.24, 2.45) is 5.92 Å². The fourth-order valence-electron chi connectivity index (χ4n) is 2.55. The summed E-state index contributed by atoms with van der Waals surface area (Å²) in [5.41, 5.74) is 1.59. The first-order valence-electron chi connectivity index (χ1n) is 7.93. The molecule has 0 aliphatic heterocycles. The summed E-state index contributed by atoms with van der Waals surface area (Å²) in [5.74, 6) is 0.446. The third-order valence-corrected chi connectivity index (χ3v) is 3.76. The van der Waals surface area contributed by atoms with Gasteiger partial charge in [-0.05, 0) is 35.7 Å². The summed E-state index contributed by atoms with van der Waals surface area (Å²) in [4.78, 5) is 12.2. The topological polar surface area (TPSA) is 50.4 Å². The second-order valence-corrected chi connectivity index (χ2v) is 5.90. The Morgan fingerprint density at radius 2 is 1.79 bits per heavy atom. The van der Waals surface area contributed by atoms with E-state index in [0.717, 1.165) is 5.56 Å². The van der Waals surface area contributed by atoms with Crippen LogP contribution in [0.25, 0.3) is 0 Å². The van der Waals surface area contributed by atoms with Gasteiger partial charge in [0, 0.05) is 6.04 Å². The molecule has 0 radical (unpaired) electrons. The first-order chi connectivity index (χ1) is 11.5. The van der Waals surface area contributed by atoms with E-state index in [2.05, 4.69) is 24.5 Å². The van der Waals surface area contributed by atoms with Gasteiger partial charge in [-0.2, -0.15) is 0 Å². The summed E-state index contributed by atoms with van der Waals surface area (Å²) in [5, 5.41) is 6.07. The Morgan fingerprint density at radius 3 is 2.42 bits per heavy atom. The van der Waals surface area contributed by atoms with Gasteiger partial charge in [-0.3, -0.25) is 4.79 Å². The molecule has 2 aromatic rings. The maximum absolute atomic E-state index is 13.1. The zero-order chi connectivity index (χ0) is 17.5. The van der Waals surface area contributed by atoms with E-state index in [9.17, 15) is 9.18 Å². The number of amides is 1. The molecule has 4 nitrogen and oxygen atoms in total. The lowest BCUT2D eigenvalue weighted by Crippen LogP contribution is -2.33. The van der Waals surface area contributed by atoms with Crippen LogP contribution in [0.15, 0.2) is 48.5 Å². The van der Waals surface area contributed by atoms with E-state index < -0.39 is 0 Å². The molecule has 24 heavy (non-hydrogen) atoms. The van der Waals surface area contributed by atoms with Crippen molar-refractivity contribution in [3.8, 4) is 5.75 Å². The molecule has 0 aliphatic carbocycles. The Morgan fingerprint density at radius 1 is 1.12 bits per heavy atom.